The van der Waals surface area contributed by atoms with Crippen molar-refractivity contribution in [2.45, 2.75) is 58.4 Å². The van der Waals surface area contributed by atoms with Gasteiger partial charge in [0.15, 0.2) is 0 Å². The Labute approximate surface area is 118 Å². The number of rotatable bonds is 6. The molecule has 0 bridgehead atoms. The zero-order valence-corrected chi connectivity index (χ0v) is 12.7. The van der Waals surface area contributed by atoms with Gasteiger partial charge in [0.25, 0.3) is 0 Å². The van der Waals surface area contributed by atoms with Gasteiger partial charge in [-0.15, -0.1) is 0 Å². The van der Waals surface area contributed by atoms with Gasteiger partial charge in [0.2, 0.25) is 0 Å². The second-order valence-corrected chi connectivity index (χ2v) is 6.09. The molecule has 0 aromatic carbocycles. The maximum Gasteiger partial charge on any atom is 0.137 e. The molecule has 110 valence electrons. The highest BCUT2D eigenvalue weighted by Gasteiger charge is 2.36. The molecule has 1 aliphatic heterocycles. The van der Waals surface area contributed by atoms with Crippen molar-refractivity contribution in [1.82, 2.24) is 9.80 Å². The van der Waals surface area contributed by atoms with Gasteiger partial charge in [0.1, 0.15) is 5.78 Å². The molecule has 2 unspecified atom stereocenters. The monoisotopic (exact) mass is 266 g/mol. The van der Waals surface area contributed by atoms with E-state index in [4.69, 9.17) is 0 Å². The van der Waals surface area contributed by atoms with Gasteiger partial charge >= 0.3 is 0 Å². The Hall–Kier alpha value is -0.410. The average molecular weight is 266 g/mol. The van der Waals surface area contributed by atoms with Crippen molar-refractivity contribution in [3.8, 4) is 0 Å². The van der Waals surface area contributed by atoms with Gasteiger partial charge < -0.3 is 4.90 Å². The van der Waals surface area contributed by atoms with Crippen LogP contribution in [0.2, 0.25) is 0 Å². The molecule has 3 nitrogen and oxygen atoms in total. The highest BCUT2D eigenvalue weighted by atomic mass is 16.1. The van der Waals surface area contributed by atoms with E-state index in [1.807, 2.05) is 0 Å². The molecule has 0 radical (unpaired) electrons. The number of carbonyl (C=O) groups excluding carboxylic acids is 1. The summed E-state index contributed by atoms with van der Waals surface area (Å²) in [5.41, 5.74) is 0. The van der Waals surface area contributed by atoms with Crippen molar-refractivity contribution in [2.24, 2.45) is 5.92 Å². The molecule has 19 heavy (non-hydrogen) atoms. The molecule has 0 aromatic rings. The van der Waals surface area contributed by atoms with Crippen LogP contribution in [0.15, 0.2) is 0 Å². The molecular formula is C16H30N2O. The number of Topliss-reactive ketones (excluding diaryl/α,β-unsaturated/α-hetero) is 1. The molecule has 1 saturated carbocycles. The maximum atomic E-state index is 12.0. The van der Waals surface area contributed by atoms with Gasteiger partial charge in [-0.2, -0.15) is 0 Å². The second kappa shape index (κ2) is 7.39. The van der Waals surface area contributed by atoms with Crippen molar-refractivity contribution in [3.05, 3.63) is 0 Å². The van der Waals surface area contributed by atoms with Crippen LogP contribution in [-0.2, 0) is 4.79 Å². The Morgan fingerprint density at radius 1 is 1.16 bits per heavy atom. The van der Waals surface area contributed by atoms with Gasteiger partial charge in [-0.3, -0.25) is 9.69 Å². The minimum absolute atomic E-state index is 0.358. The van der Waals surface area contributed by atoms with Crippen molar-refractivity contribution in [3.63, 3.8) is 0 Å². The van der Waals surface area contributed by atoms with E-state index >= 15 is 0 Å². The molecule has 1 heterocycles. The number of likely N-dealkylation sites (N-methyl/N-ethyl adjacent to an activating group) is 1. The Balaban J connectivity index is 1.90. The lowest BCUT2D eigenvalue weighted by Crippen LogP contribution is -2.48. The molecule has 0 N–H and O–H groups in total. The fourth-order valence-corrected chi connectivity index (χ4v) is 3.81. The molecule has 2 aliphatic rings. The lowest BCUT2D eigenvalue weighted by atomic mass is 9.88. The minimum atomic E-state index is 0.358. The van der Waals surface area contributed by atoms with E-state index in [1.54, 1.807) is 0 Å². The van der Waals surface area contributed by atoms with E-state index in [1.165, 1.54) is 25.8 Å². The third kappa shape index (κ3) is 3.79. The van der Waals surface area contributed by atoms with Crippen LogP contribution in [0.4, 0.5) is 0 Å². The SMILES string of the molecule is CCN(CC)CCN1CCCCC1C1CCCC1=O. The van der Waals surface area contributed by atoms with Crippen molar-refractivity contribution >= 4 is 5.78 Å². The Bertz CT molecular complexity index is 288. The van der Waals surface area contributed by atoms with E-state index < -0.39 is 0 Å². The first-order chi connectivity index (χ1) is 9.26. The molecule has 3 heteroatoms. The summed E-state index contributed by atoms with van der Waals surface area (Å²) in [6, 6.07) is 0.555. The largest absolute Gasteiger partial charge is 0.303 e. The number of hydrogen-bond donors (Lipinski definition) is 0. The third-order valence-electron chi connectivity index (χ3n) is 5.08. The smallest absolute Gasteiger partial charge is 0.137 e. The molecular weight excluding hydrogens is 236 g/mol. The van der Waals surface area contributed by atoms with E-state index in [0.29, 0.717) is 17.7 Å². The number of hydrogen-bond acceptors (Lipinski definition) is 3. The predicted molar refractivity (Wildman–Crippen MR) is 79.3 cm³/mol. The first-order valence-electron chi connectivity index (χ1n) is 8.25. The molecule has 1 saturated heterocycles. The molecule has 1 aliphatic carbocycles. The van der Waals surface area contributed by atoms with Crippen molar-refractivity contribution < 1.29 is 4.79 Å². The Kier molecular flexibility index (Phi) is 5.83. The average Bonchev–Trinajstić information content (AvgIpc) is 2.86. The van der Waals surface area contributed by atoms with Gasteiger partial charge in [-0.05, 0) is 45.3 Å². The molecule has 2 fully saturated rings. The van der Waals surface area contributed by atoms with E-state index in [9.17, 15) is 4.79 Å². The standard InChI is InChI=1S/C16H30N2O/c1-3-17(4-2)12-13-18-11-6-5-9-15(18)14-8-7-10-16(14)19/h14-15H,3-13H2,1-2H3. The summed E-state index contributed by atoms with van der Waals surface area (Å²) >= 11 is 0. The number of nitrogens with zero attached hydrogens (tertiary/aromatic N) is 2. The van der Waals surface area contributed by atoms with Crippen LogP contribution in [0.25, 0.3) is 0 Å². The fourth-order valence-electron chi connectivity index (χ4n) is 3.81. The van der Waals surface area contributed by atoms with Crippen LogP contribution in [0.1, 0.15) is 52.4 Å². The van der Waals surface area contributed by atoms with Crippen LogP contribution in [0.3, 0.4) is 0 Å². The summed E-state index contributed by atoms with van der Waals surface area (Å²) in [5, 5.41) is 0. The van der Waals surface area contributed by atoms with Gasteiger partial charge in [-0.25, -0.2) is 0 Å². The molecule has 0 amide bonds. The Morgan fingerprint density at radius 3 is 2.58 bits per heavy atom. The topological polar surface area (TPSA) is 23.6 Å². The van der Waals surface area contributed by atoms with Crippen molar-refractivity contribution in [1.29, 1.82) is 0 Å². The first-order valence-corrected chi connectivity index (χ1v) is 8.25. The summed E-state index contributed by atoms with van der Waals surface area (Å²) in [4.78, 5) is 17.1. The maximum absolute atomic E-state index is 12.0. The summed E-state index contributed by atoms with van der Waals surface area (Å²) in [5.74, 6) is 0.900. The first kappa shape index (κ1) is 15.0. The van der Waals surface area contributed by atoms with Crippen molar-refractivity contribution in [2.75, 3.05) is 32.7 Å². The normalized spacial score (nSPS) is 29.3. The summed E-state index contributed by atoms with van der Waals surface area (Å²) in [6.45, 7) is 10.3. The minimum Gasteiger partial charge on any atom is -0.303 e. The van der Waals surface area contributed by atoms with Gasteiger partial charge in [0, 0.05) is 31.5 Å². The predicted octanol–water partition coefficient (Wildman–Crippen LogP) is 2.55. The third-order valence-corrected chi connectivity index (χ3v) is 5.08. The quantitative estimate of drug-likeness (QED) is 0.738. The van der Waals surface area contributed by atoms with Gasteiger partial charge in [0.05, 0.1) is 0 Å². The van der Waals surface area contributed by atoms with Crippen LogP contribution >= 0.6 is 0 Å². The summed E-state index contributed by atoms with van der Waals surface area (Å²) in [6.07, 6.45) is 6.99. The lowest BCUT2D eigenvalue weighted by Gasteiger charge is -2.39. The summed E-state index contributed by atoms with van der Waals surface area (Å²) < 4.78 is 0. The fraction of sp³-hybridized carbons (Fsp3) is 0.938. The number of piperidine rings is 1. The van der Waals surface area contributed by atoms with E-state index in [-0.39, 0.29) is 0 Å². The molecule has 2 atom stereocenters. The molecule has 0 aromatic heterocycles. The molecule has 2 rings (SSSR count). The van der Waals surface area contributed by atoms with Crippen LogP contribution in [0.5, 0.6) is 0 Å². The number of likely N-dealkylation sites (tertiary alicyclic amines) is 1. The highest BCUT2D eigenvalue weighted by Crippen LogP contribution is 2.32. The highest BCUT2D eigenvalue weighted by molar-refractivity contribution is 5.83. The van der Waals surface area contributed by atoms with E-state index in [2.05, 4.69) is 23.6 Å². The zero-order chi connectivity index (χ0) is 13.7. The van der Waals surface area contributed by atoms with Gasteiger partial charge in [-0.1, -0.05) is 20.3 Å². The number of ketones is 1. The van der Waals surface area contributed by atoms with Crippen LogP contribution < -0.4 is 0 Å². The van der Waals surface area contributed by atoms with E-state index in [0.717, 1.165) is 45.4 Å². The Morgan fingerprint density at radius 2 is 1.95 bits per heavy atom. The van der Waals surface area contributed by atoms with Crippen LogP contribution in [-0.4, -0.2) is 54.3 Å². The zero-order valence-electron chi connectivity index (χ0n) is 12.7. The second-order valence-electron chi connectivity index (χ2n) is 6.09. The van der Waals surface area contributed by atoms with Crippen LogP contribution in [0, 0.1) is 5.92 Å². The lowest BCUT2D eigenvalue weighted by molar-refractivity contribution is -0.123. The molecule has 0 spiro atoms. The number of carbonyl (C=O) groups is 1. The summed E-state index contributed by atoms with van der Waals surface area (Å²) in [7, 11) is 0.